The third-order valence-electron chi connectivity index (χ3n) is 4.23. The molecule has 3 rings (SSSR count). The van der Waals surface area contributed by atoms with Crippen molar-refractivity contribution in [2.75, 3.05) is 31.2 Å². The van der Waals surface area contributed by atoms with E-state index >= 15 is 0 Å². The molecule has 1 aromatic carbocycles. The first-order valence-corrected chi connectivity index (χ1v) is 9.21. The molecular formula is C18H21N3O4S. The molecule has 2 heterocycles. The Hall–Kier alpha value is -2.45. The summed E-state index contributed by atoms with van der Waals surface area (Å²) in [6.07, 6.45) is 0. The highest BCUT2D eigenvalue weighted by Crippen LogP contribution is 2.24. The van der Waals surface area contributed by atoms with Crippen molar-refractivity contribution >= 4 is 28.9 Å². The van der Waals surface area contributed by atoms with E-state index in [0.29, 0.717) is 29.5 Å². The quantitative estimate of drug-likeness (QED) is 0.834. The summed E-state index contributed by atoms with van der Waals surface area (Å²) in [5.74, 6) is -1.21. The Morgan fingerprint density at radius 3 is 2.50 bits per heavy atom. The maximum atomic E-state index is 12.5. The average Bonchev–Trinajstić information content (AvgIpc) is 3.05. The number of amides is 1. The summed E-state index contributed by atoms with van der Waals surface area (Å²) >= 11 is 1.09. The number of thiazole rings is 1. The minimum Gasteiger partial charge on any atom is -0.477 e. The van der Waals surface area contributed by atoms with Crippen LogP contribution in [-0.2, 0) is 4.74 Å². The van der Waals surface area contributed by atoms with Crippen molar-refractivity contribution in [1.82, 2.24) is 10.3 Å². The molecule has 1 amide bonds. The number of hydrogen-bond donors (Lipinski definition) is 2. The molecule has 8 heteroatoms. The number of carboxylic acid groups (broad SMARTS) is 1. The minimum absolute atomic E-state index is 0.205. The highest BCUT2D eigenvalue weighted by Gasteiger charge is 2.20. The van der Waals surface area contributed by atoms with Crippen LogP contribution in [0.15, 0.2) is 24.3 Å². The Balaban J connectivity index is 1.65. The van der Waals surface area contributed by atoms with Crippen LogP contribution in [0, 0.1) is 6.92 Å². The molecule has 0 radical (unpaired) electrons. The molecule has 0 spiro atoms. The second kappa shape index (κ2) is 7.84. The summed E-state index contributed by atoms with van der Waals surface area (Å²) in [6.45, 7) is 6.57. The Morgan fingerprint density at radius 2 is 1.92 bits per heavy atom. The topological polar surface area (TPSA) is 91.8 Å². The van der Waals surface area contributed by atoms with Crippen LogP contribution in [0.25, 0.3) is 0 Å². The number of nitrogens with zero attached hydrogens (tertiary/aromatic N) is 2. The van der Waals surface area contributed by atoms with Gasteiger partial charge in [0.05, 0.1) is 24.9 Å². The van der Waals surface area contributed by atoms with Crippen LogP contribution in [0.1, 0.15) is 43.7 Å². The zero-order valence-corrected chi connectivity index (χ0v) is 15.5. The van der Waals surface area contributed by atoms with E-state index < -0.39 is 5.97 Å². The second-order valence-electron chi connectivity index (χ2n) is 6.11. The average molecular weight is 375 g/mol. The van der Waals surface area contributed by atoms with Gasteiger partial charge in [-0.1, -0.05) is 0 Å². The van der Waals surface area contributed by atoms with E-state index in [-0.39, 0.29) is 16.8 Å². The number of aryl methyl sites for hydroxylation is 1. The number of aromatic nitrogens is 1. The highest BCUT2D eigenvalue weighted by atomic mass is 32.1. The number of aromatic carboxylic acids is 1. The molecule has 0 bridgehead atoms. The van der Waals surface area contributed by atoms with E-state index in [9.17, 15) is 9.59 Å². The van der Waals surface area contributed by atoms with Gasteiger partial charge < -0.3 is 20.1 Å². The van der Waals surface area contributed by atoms with E-state index in [1.165, 1.54) is 0 Å². The number of carbonyl (C=O) groups is 2. The number of anilines is 1. The zero-order chi connectivity index (χ0) is 18.7. The van der Waals surface area contributed by atoms with Crippen LogP contribution in [0.4, 0.5) is 5.69 Å². The first-order valence-electron chi connectivity index (χ1n) is 8.40. The SMILES string of the molecule is Cc1nc(C(C)NC(=O)c2ccc(N3CCOCC3)cc2)sc1C(=O)O. The first kappa shape index (κ1) is 18.3. The standard InChI is InChI=1S/C18H21N3O4S/c1-11-15(18(23)24)26-17(20-11)12(2)19-16(22)13-3-5-14(6-4-13)21-7-9-25-10-8-21/h3-6,12H,7-10H2,1-2H3,(H,19,22)(H,23,24). The first-order chi connectivity index (χ1) is 12.5. The van der Waals surface area contributed by atoms with E-state index in [1.54, 1.807) is 26.0 Å². The van der Waals surface area contributed by atoms with Gasteiger partial charge in [-0.3, -0.25) is 4.79 Å². The van der Waals surface area contributed by atoms with Crippen molar-refractivity contribution in [3.05, 3.63) is 45.4 Å². The maximum absolute atomic E-state index is 12.5. The zero-order valence-electron chi connectivity index (χ0n) is 14.7. The maximum Gasteiger partial charge on any atom is 0.347 e. The third kappa shape index (κ3) is 4.03. The monoisotopic (exact) mass is 375 g/mol. The van der Waals surface area contributed by atoms with Gasteiger partial charge in [0.25, 0.3) is 5.91 Å². The normalized spacial score (nSPS) is 15.5. The van der Waals surface area contributed by atoms with Gasteiger partial charge in [0.15, 0.2) is 0 Å². The highest BCUT2D eigenvalue weighted by molar-refractivity contribution is 7.13. The van der Waals surface area contributed by atoms with E-state index in [1.807, 2.05) is 12.1 Å². The Labute approximate surface area is 155 Å². The molecule has 7 nitrogen and oxygen atoms in total. The smallest absolute Gasteiger partial charge is 0.347 e. The lowest BCUT2D eigenvalue weighted by Crippen LogP contribution is -2.36. The molecule has 1 saturated heterocycles. The van der Waals surface area contributed by atoms with Gasteiger partial charge in [-0.25, -0.2) is 9.78 Å². The van der Waals surface area contributed by atoms with Crippen LogP contribution >= 0.6 is 11.3 Å². The molecule has 0 saturated carbocycles. The predicted octanol–water partition coefficient (Wildman–Crippen LogP) is 2.48. The Kier molecular flexibility index (Phi) is 5.53. The van der Waals surface area contributed by atoms with E-state index in [4.69, 9.17) is 9.84 Å². The number of benzene rings is 1. The fourth-order valence-electron chi connectivity index (χ4n) is 2.79. The molecule has 1 fully saturated rings. The molecule has 26 heavy (non-hydrogen) atoms. The van der Waals surface area contributed by atoms with Gasteiger partial charge in [-0.05, 0) is 38.1 Å². The molecule has 1 atom stereocenters. The second-order valence-corrected chi connectivity index (χ2v) is 7.14. The van der Waals surface area contributed by atoms with Crippen molar-refractivity contribution in [3.63, 3.8) is 0 Å². The van der Waals surface area contributed by atoms with Gasteiger partial charge in [0, 0.05) is 24.3 Å². The fourth-order valence-corrected chi connectivity index (χ4v) is 3.70. The summed E-state index contributed by atoms with van der Waals surface area (Å²) in [4.78, 5) is 30.3. The lowest BCUT2D eigenvalue weighted by atomic mass is 10.1. The number of rotatable bonds is 5. The van der Waals surface area contributed by atoms with Crippen LogP contribution in [0.2, 0.25) is 0 Å². The number of morpholine rings is 1. The minimum atomic E-state index is -0.997. The van der Waals surface area contributed by atoms with Crippen LogP contribution in [0.5, 0.6) is 0 Å². The summed E-state index contributed by atoms with van der Waals surface area (Å²) < 4.78 is 5.35. The molecule has 2 aromatic rings. The van der Waals surface area contributed by atoms with Gasteiger partial charge >= 0.3 is 5.97 Å². The third-order valence-corrected chi connectivity index (χ3v) is 5.56. The lowest BCUT2D eigenvalue weighted by Gasteiger charge is -2.28. The Bertz CT molecular complexity index is 797. The molecule has 1 aromatic heterocycles. The molecular weight excluding hydrogens is 354 g/mol. The van der Waals surface area contributed by atoms with Crippen LogP contribution in [0.3, 0.4) is 0 Å². The molecule has 1 unspecified atom stereocenters. The van der Waals surface area contributed by atoms with E-state index in [2.05, 4.69) is 15.2 Å². The predicted molar refractivity (Wildman–Crippen MR) is 99.2 cm³/mol. The number of hydrogen-bond acceptors (Lipinski definition) is 6. The van der Waals surface area contributed by atoms with Gasteiger partial charge in [-0.15, -0.1) is 11.3 Å². The largest absolute Gasteiger partial charge is 0.477 e. The number of ether oxygens (including phenoxy) is 1. The summed E-state index contributed by atoms with van der Waals surface area (Å²) in [6, 6.07) is 7.09. The number of carboxylic acids is 1. The van der Waals surface area contributed by atoms with Crippen molar-refractivity contribution in [1.29, 1.82) is 0 Å². The molecule has 1 aliphatic rings. The van der Waals surface area contributed by atoms with Crippen molar-refractivity contribution in [3.8, 4) is 0 Å². The molecule has 138 valence electrons. The van der Waals surface area contributed by atoms with E-state index in [0.717, 1.165) is 30.1 Å². The molecule has 0 aliphatic carbocycles. The Morgan fingerprint density at radius 1 is 1.27 bits per heavy atom. The van der Waals surface area contributed by atoms with Crippen molar-refractivity contribution in [2.45, 2.75) is 19.9 Å². The summed E-state index contributed by atoms with van der Waals surface area (Å²) in [5, 5.41) is 12.6. The van der Waals surface area contributed by atoms with Crippen LogP contribution in [-0.4, -0.2) is 48.3 Å². The summed E-state index contributed by atoms with van der Waals surface area (Å²) in [7, 11) is 0. The van der Waals surface area contributed by atoms with Gasteiger partial charge in [0.2, 0.25) is 0 Å². The van der Waals surface area contributed by atoms with Crippen molar-refractivity contribution < 1.29 is 19.4 Å². The molecule has 1 aliphatic heterocycles. The summed E-state index contributed by atoms with van der Waals surface area (Å²) in [5.41, 5.74) is 2.09. The van der Waals surface area contributed by atoms with Crippen molar-refractivity contribution in [2.24, 2.45) is 0 Å². The lowest BCUT2D eigenvalue weighted by molar-refractivity contribution is 0.0700. The van der Waals surface area contributed by atoms with Gasteiger partial charge in [-0.2, -0.15) is 0 Å². The fraction of sp³-hybridized carbons (Fsp3) is 0.389. The van der Waals surface area contributed by atoms with Crippen LogP contribution < -0.4 is 10.2 Å². The molecule has 2 N–H and O–H groups in total. The van der Waals surface area contributed by atoms with Gasteiger partial charge in [0.1, 0.15) is 9.88 Å². The number of nitrogens with one attached hydrogen (secondary N) is 1. The number of carbonyl (C=O) groups excluding carboxylic acids is 1.